The first-order chi connectivity index (χ1) is 7.25. The summed E-state index contributed by atoms with van der Waals surface area (Å²) in [4.78, 5) is 13.8. The average Bonchev–Trinajstić information content (AvgIpc) is 2.66. The quantitative estimate of drug-likeness (QED) is 0.396. The summed E-state index contributed by atoms with van der Waals surface area (Å²) < 4.78 is 1.60. The van der Waals surface area contributed by atoms with Gasteiger partial charge in [-0.3, -0.25) is 0 Å². The Hall–Kier alpha value is -1.39. The van der Waals surface area contributed by atoms with Gasteiger partial charge in [-0.1, -0.05) is 37.6 Å². The number of aromatic nitrogens is 2. The van der Waals surface area contributed by atoms with Gasteiger partial charge >= 0.3 is 5.95 Å². The number of unbranched alkanes of at least 4 members (excludes halogenated alkanes) is 4. The molecule has 0 unspecified atom stereocenters. The number of hydrogen-bond donors (Lipinski definition) is 0. The van der Waals surface area contributed by atoms with E-state index in [0.29, 0.717) is 6.54 Å². The molecule has 1 heterocycles. The zero-order valence-corrected chi connectivity index (χ0v) is 9.06. The molecular formula is C10H17N3O2. The van der Waals surface area contributed by atoms with Crippen molar-refractivity contribution in [2.24, 2.45) is 0 Å². The Morgan fingerprint density at radius 2 is 2.13 bits per heavy atom. The van der Waals surface area contributed by atoms with E-state index in [-0.39, 0.29) is 5.95 Å². The maximum absolute atomic E-state index is 10.5. The van der Waals surface area contributed by atoms with Crippen molar-refractivity contribution in [3.8, 4) is 0 Å². The molecule has 0 amide bonds. The molecule has 0 aliphatic rings. The molecule has 15 heavy (non-hydrogen) atoms. The molecule has 0 atom stereocenters. The molecule has 1 aromatic heterocycles. The molecule has 0 saturated heterocycles. The molecule has 0 aromatic carbocycles. The molecular weight excluding hydrogens is 194 g/mol. The molecule has 0 spiro atoms. The first-order valence-corrected chi connectivity index (χ1v) is 5.41. The van der Waals surface area contributed by atoms with Gasteiger partial charge in [0.25, 0.3) is 0 Å². The average molecular weight is 211 g/mol. The van der Waals surface area contributed by atoms with Crippen molar-refractivity contribution < 1.29 is 4.92 Å². The minimum absolute atomic E-state index is 0.0505. The number of nitrogens with zero attached hydrogens (tertiary/aromatic N) is 3. The second kappa shape index (κ2) is 6.16. The fourth-order valence-electron chi connectivity index (χ4n) is 1.53. The zero-order chi connectivity index (χ0) is 11.1. The molecule has 1 aromatic rings. The lowest BCUT2D eigenvalue weighted by Crippen LogP contribution is -2.02. The van der Waals surface area contributed by atoms with Crippen molar-refractivity contribution in [1.29, 1.82) is 0 Å². The molecule has 0 aliphatic carbocycles. The second-order valence-corrected chi connectivity index (χ2v) is 3.59. The minimum atomic E-state index is -0.438. The summed E-state index contributed by atoms with van der Waals surface area (Å²) >= 11 is 0. The highest BCUT2D eigenvalue weighted by Gasteiger charge is 2.12. The van der Waals surface area contributed by atoms with Crippen LogP contribution in [0.4, 0.5) is 5.95 Å². The predicted octanol–water partition coefficient (Wildman–Crippen LogP) is 2.76. The number of aryl methyl sites for hydroxylation is 1. The molecule has 5 heteroatoms. The second-order valence-electron chi connectivity index (χ2n) is 3.59. The Balaban J connectivity index is 2.31. The molecule has 1 rings (SSSR count). The Kier molecular flexibility index (Phi) is 4.80. The normalized spacial score (nSPS) is 10.5. The van der Waals surface area contributed by atoms with Crippen molar-refractivity contribution >= 4 is 5.95 Å². The fourth-order valence-corrected chi connectivity index (χ4v) is 1.53. The summed E-state index contributed by atoms with van der Waals surface area (Å²) in [5.41, 5.74) is 0. The lowest BCUT2D eigenvalue weighted by atomic mass is 10.1. The third-order valence-electron chi connectivity index (χ3n) is 2.36. The van der Waals surface area contributed by atoms with E-state index in [1.54, 1.807) is 10.8 Å². The van der Waals surface area contributed by atoms with Gasteiger partial charge in [-0.15, -0.1) is 0 Å². The van der Waals surface area contributed by atoms with Gasteiger partial charge in [0.2, 0.25) is 0 Å². The van der Waals surface area contributed by atoms with Crippen LogP contribution in [0.1, 0.15) is 39.0 Å². The maximum Gasteiger partial charge on any atom is 0.434 e. The Morgan fingerprint density at radius 1 is 1.40 bits per heavy atom. The van der Waals surface area contributed by atoms with Crippen LogP contribution >= 0.6 is 0 Å². The minimum Gasteiger partial charge on any atom is -0.390 e. The number of hydrogen-bond acceptors (Lipinski definition) is 3. The van der Waals surface area contributed by atoms with E-state index in [9.17, 15) is 10.1 Å². The van der Waals surface area contributed by atoms with E-state index < -0.39 is 4.92 Å². The van der Waals surface area contributed by atoms with Gasteiger partial charge in [0.15, 0.2) is 0 Å². The monoisotopic (exact) mass is 211 g/mol. The van der Waals surface area contributed by atoms with Gasteiger partial charge in [0.05, 0.1) is 6.54 Å². The molecule has 0 N–H and O–H groups in total. The van der Waals surface area contributed by atoms with Crippen LogP contribution < -0.4 is 0 Å². The van der Waals surface area contributed by atoms with Gasteiger partial charge in [-0.05, 0) is 11.3 Å². The SMILES string of the molecule is CCCCCCCn1ccnc1[N+](=O)[O-]. The molecule has 0 saturated carbocycles. The topological polar surface area (TPSA) is 61.0 Å². The van der Waals surface area contributed by atoms with Gasteiger partial charge in [-0.2, -0.15) is 0 Å². The first kappa shape index (κ1) is 11.7. The van der Waals surface area contributed by atoms with Crippen molar-refractivity contribution in [1.82, 2.24) is 9.55 Å². The van der Waals surface area contributed by atoms with E-state index in [0.717, 1.165) is 12.8 Å². The zero-order valence-electron chi connectivity index (χ0n) is 9.06. The van der Waals surface area contributed by atoms with Gasteiger partial charge < -0.3 is 10.1 Å². The molecule has 0 aliphatic heterocycles. The van der Waals surface area contributed by atoms with E-state index in [1.165, 1.54) is 25.5 Å². The molecule has 0 radical (unpaired) electrons. The summed E-state index contributed by atoms with van der Waals surface area (Å²) in [5.74, 6) is -0.0505. The molecule has 0 bridgehead atoms. The number of rotatable bonds is 7. The summed E-state index contributed by atoms with van der Waals surface area (Å²) in [5, 5.41) is 10.5. The predicted molar refractivity (Wildman–Crippen MR) is 57.6 cm³/mol. The Labute approximate surface area is 89.3 Å². The molecule has 0 fully saturated rings. The van der Waals surface area contributed by atoms with Crippen LogP contribution in [-0.2, 0) is 6.54 Å². The third-order valence-corrected chi connectivity index (χ3v) is 2.36. The fraction of sp³-hybridized carbons (Fsp3) is 0.700. The third kappa shape index (κ3) is 3.69. The van der Waals surface area contributed by atoms with Crippen molar-refractivity contribution in [2.45, 2.75) is 45.6 Å². The van der Waals surface area contributed by atoms with E-state index in [4.69, 9.17) is 0 Å². The van der Waals surface area contributed by atoms with Crippen LogP contribution in [0, 0.1) is 10.1 Å². The highest BCUT2D eigenvalue weighted by molar-refractivity contribution is 5.06. The van der Waals surface area contributed by atoms with Gasteiger partial charge in [0, 0.05) is 0 Å². The summed E-state index contributed by atoms with van der Waals surface area (Å²) in [6, 6.07) is 0. The summed E-state index contributed by atoms with van der Waals surface area (Å²) in [6.07, 6.45) is 8.92. The lowest BCUT2D eigenvalue weighted by Gasteiger charge is -2.01. The summed E-state index contributed by atoms with van der Waals surface area (Å²) in [7, 11) is 0. The standard InChI is InChI=1S/C10H17N3O2/c1-2-3-4-5-6-8-12-9-7-11-10(12)13(14)15/h7,9H,2-6,8H2,1H3. The highest BCUT2D eigenvalue weighted by Crippen LogP contribution is 2.10. The van der Waals surface area contributed by atoms with Crippen molar-refractivity contribution in [3.05, 3.63) is 22.5 Å². The van der Waals surface area contributed by atoms with Crippen LogP contribution in [0.2, 0.25) is 0 Å². The van der Waals surface area contributed by atoms with E-state index >= 15 is 0 Å². The van der Waals surface area contributed by atoms with Crippen LogP contribution in [0.25, 0.3) is 0 Å². The van der Waals surface area contributed by atoms with Crippen molar-refractivity contribution in [2.75, 3.05) is 0 Å². The smallest absolute Gasteiger partial charge is 0.390 e. The van der Waals surface area contributed by atoms with Crippen molar-refractivity contribution in [3.63, 3.8) is 0 Å². The summed E-state index contributed by atoms with van der Waals surface area (Å²) in [6.45, 7) is 2.86. The first-order valence-electron chi connectivity index (χ1n) is 5.41. The molecule has 5 nitrogen and oxygen atoms in total. The van der Waals surface area contributed by atoms with Crippen LogP contribution in [0.3, 0.4) is 0 Å². The highest BCUT2D eigenvalue weighted by atomic mass is 16.6. The Morgan fingerprint density at radius 3 is 2.80 bits per heavy atom. The number of imidazole rings is 1. The van der Waals surface area contributed by atoms with Gasteiger partial charge in [0.1, 0.15) is 12.4 Å². The van der Waals surface area contributed by atoms with Crippen LogP contribution in [0.15, 0.2) is 12.4 Å². The number of nitro groups is 1. The van der Waals surface area contributed by atoms with E-state index in [2.05, 4.69) is 11.9 Å². The van der Waals surface area contributed by atoms with Crippen LogP contribution in [-0.4, -0.2) is 14.5 Å². The van der Waals surface area contributed by atoms with Gasteiger partial charge in [-0.25, -0.2) is 4.57 Å². The maximum atomic E-state index is 10.5. The van der Waals surface area contributed by atoms with Crippen LogP contribution in [0.5, 0.6) is 0 Å². The largest absolute Gasteiger partial charge is 0.434 e. The lowest BCUT2D eigenvalue weighted by molar-refractivity contribution is -0.396. The Bertz CT molecular complexity index is 309. The van der Waals surface area contributed by atoms with E-state index in [1.807, 2.05) is 0 Å². The molecule has 84 valence electrons.